The highest BCUT2D eigenvalue weighted by molar-refractivity contribution is 6.30. The molecule has 1 aromatic heterocycles. The van der Waals surface area contributed by atoms with Crippen LogP contribution in [-0.4, -0.2) is 23.6 Å². The minimum atomic E-state index is -0.718. The summed E-state index contributed by atoms with van der Waals surface area (Å²) in [6.07, 6.45) is 1.53. The summed E-state index contributed by atoms with van der Waals surface area (Å²) in [5, 5.41) is 2.71. The number of benzene rings is 1. The molecule has 0 bridgehead atoms. The van der Waals surface area contributed by atoms with Crippen LogP contribution in [0.15, 0.2) is 30.5 Å². The minimum absolute atomic E-state index is 0.136. The SMILES string of the molecule is COC(=O)c1cc(NC(=O)c2ccc(Cl)cc2F)cn1C. The number of aryl methyl sites for hydroxylation is 1. The Hall–Kier alpha value is -2.34. The molecule has 0 atom stereocenters. The van der Waals surface area contributed by atoms with Gasteiger partial charge in [0.2, 0.25) is 0 Å². The Morgan fingerprint density at radius 3 is 2.67 bits per heavy atom. The molecular formula is C14H12ClFN2O3. The maximum Gasteiger partial charge on any atom is 0.354 e. The summed E-state index contributed by atoms with van der Waals surface area (Å²) in [7, 11) is 2.89. The van der Waals surface area contributed by atoms with Gasteiger partial charge in [-0.05, 0) is 24.3 Å². The number of hydrogen-bond acceptors (Lipinski definition) is 3. The maximum atomic E-state index is 13.6. The normalized spacial score (nSPS) is 10.3. The largest absolute Gasteiger partial charge is 0.464 e. The standard InChI is InChI=1S/C14H12ClFN2O3/c1-18-7-9(6-12(18)14(20)21-2)17-13(19)10-4-3-8(15)5-11(10)16/h3-7H,1-2H3,(H,17,19). The summed E-state index contributed by atoms with van der Waals surface area (Å²) < 4.78 is 19.8. The van der Waals surface area contributed by atoms with Crippen molar-refractivity contribution < 1.29 is 18.7 Å². The number of carbonyl (C=O) groups is 2. The fourth-order valence-corrected chi connectivity index (χ4v) is 1.97. The Morgan fingerprint density at radius 1 is 1.33 bits per heavy atom. The monoisotopic (exact) mass is 310 g/mol. The molecule has 21 heavy (non-hydrogen) atoms. The second-order valence-corrected chi connectivity index (χ2v) is 4.73. The van der Waals surface area contributed by atoms with Crippen molar-refractivity contribution in [1.82, 2.24) is 4.57 Å². The summed E-state index contributed by atoms with van der Waals surface area (Å²) >= 11 is 5.63. The van der Waals surface area contributed by atoms with E-state index in [2.05, 4.69) is 10.1 Å². The number of esters is 1. The molecule has 110 valence electrons. The van der Waals surface area contributed by atoms with Crippen LogP contribution in [0.2, 0.25) is 5.02 Å². The van der Waals surface area contributed by atoms with Crippen molar-refractivity contribution in [3.63, 3.8) is 0 Å². The highest BCUT2D eigenvalue weighted by atomic mass is 35.5. The molecule has 1 aromatic carbocycles. The summed E-state index contributed by atoms with van der Waals surface area (Å²) in [4.78, 5) is 23.5. The van der Waals surface area contributed by atoms with Crippen molar-refractivity contribution in [2.45, 2.75) is 0 Å². The number of ether oxygens (including phenoxy) is 1. The predicted molar refractivity (Wildman–Crippen MR) is 76.1 cm³/mol. The second-order valence-electron chi connectivity index (χ2n) is 4.29. The van der Waals surface area contributed by atoms with Gasteiger partial charge >= 0.3 is 5.97 Å². The number of halogens is 2. The fourth-order valence-electron chi connectivity index (χ4n) is 1.81. The summed E-state index contributed by atoms with van der Waals surface area (Å²) in [5.74, 6) is -1.88. The predicted octanol–water partition coefficient (Wildman–Crippen LogP) is 2.86. The van der Waals surface area contributed by atoms with Crippen LogP contribution < -0.4 is 5.32 Å². The Morgan fingerprint density at radius 2 is 2.05 bits per heavy atom. The first kappa shape index (κ1) is 15.1. The van der Waals surface area contributed by atoms with E-state index < -0.39 is 17.7 Å². The van der Waals surface area contributed by atoms with Crippen LogP contribution in [0.5, 0.6) is 0 Å². The van der Waals surface area contributed by atoms with Crippen molar-refractivity contribution in [1.29, 1.82) is 0 Å². The molecule has 0 spiro atoms. The molecule has 1 N–H and O–H groups in total. The number of rotatable bonds is 3. The highest BCUT2D eigenvalue weighted by Gasteiger charge is 2.16. The van der Waals surface area contributed by atoms with Crippen LogP contribution in [-0.2, 0) is 11.8 Å². The Labute approximate surface area is 125 Å². The molecule has 0 saturated heterocycles. The van der Waals surface area contributed by atoms with Gasteiger partial charge in [0.25, 0.3) is 5.91 Å². The first-order chi connectivity index (χ1) is 9.92. The van der Waals surface area contributed by atoms with Gasteiger partial charge in [0.05, 0.1) is 18.4 Å². The maximum absolute atomic E-state index is 13.6. The number of methoxy groups -OCH3 is 1. The number of amides is 1. The highest BCUT2D eigenvalue weighted by Crippen LogP contribution is 2.18. The molecule has 2 aromatic rings. The van der Waals surface area contributed by atoms with Crippen molar-refractivity contribution in [2.75, 3.05) is 12.4 Å². The average Bonchev–Trinajstić information content (AvgIpc) is 2.78. The van der Waals surface area contributed by atoms with Gasteiger partial charge in [0.1, 0.15) is 11.5 Å². The molecule has 0 radical (unpaired) electrons. The van der Waals surface area contributed by atoms with Gasteiger partial charge in [-0.3, -0.25) is 4.79 Å². The first-order valence-electron chi connectivity index (χ1n) is 5.93. The smallest absolute Gasteiger partial charge is 0.354 e. The van der Waals surface area contributed by atoms with Crippen LogP contribution in [0.1, 0.15) is 20.8 Å². The zero-order valence-corrected chi connectivity index (χ0v) is 12.1. The topological polar surface area (TPSA) is 60.3 Å². The summed E-state index contributed by atoms with van der Waals surface area (Å²) in [6, 6.07) is 5.21. The molecule has 0 unspecified atom stereocenters. The zero-order chi connectivity index (χ0) is 15.6. The van der Waals surface area contributed by atoms with Gasteiger partial charge in [-0.15, -0.1) is 0 Å². The summed E-state index contributed by atoms with van der Waals surface area (Å²) in [5.41, 5.74) is 0.490. The van der Waals surface area contributed by atoms with Gasteiger partial charge in [-0.1, -0.05) is 11.6 Å². The lowest BCUT2D eigenvalue weighted by Crippen LogP contribution is -2.13. The van der Waals surface area contributed by atoms with Gasteiger partial charge < -0.3 is 14.6 Å². The minimum Gasteiger partial charge on any atom is -0.464 e. The average molecular weight is 311 g/mol. The molecule has 1 amide bonds. The van der Waals surface area contributed by atoms with Crippen molar-refractivity contribution >= 4 is 29.2 Å². The number of hydrogen-bond donors (Lipinski definition) is 1. The molecule has 7 heteroatoms. The Balaban J connectivity index is 2.22. The van der Waals surface area contributed by atoms with Crippen molar-refractivity contribution in [3.05, 3.63) is 52.6 Å². The third-order valence-electron chi connectivity index (χ3n) is 2.83. The van der Waals surface area contributed by atoms with E-state index in [0.29, 0.717) is 5.69 Å². The zero-order valence-electron chi connectivity index (χ0n) is 11.3. The molecule has 0 fully saturated rings. The lowest BCUT2D eigenvalue weighted by Gasteiger charge is -2.04. The van der Waals surface area contributed by atoms with Crippen molar-refractivity contribution in [3.8, 4) is 0 Å². The quantitative estimate of drug-likeness (QED) is 0.887. The Kier molecular flexibility index (Phi) is 4.28. The first-order valence-corrected chi connectivity index (χ1v) is 6.31. The molecular weight excluding hydrogens is 299 g/mol. The molecule has 0 aliphatic heterocycles. The van der Waals surface area contributed by atoms with E-state index >= 15 is 0 Å². The number of nitrogens with one attached hydrogen (secondary N) is 1. The van der Waals surface area contributed by atoms with E-state index in [1.807, 2.05) is 0 Å². The number of carbonyl (C=O) groups excluding carboxylic acids is 2. The second kappa shape index (κ2) is 5.97. The molecule has 5 nitrogen and oxygen atoms in total. The molecule has 0 aliphatic rings. The van der Waals surface area contributed by atoms with E-state index in [-0.39, 0.29) is 16.3 Å². The van der Waals surface area contributed by atoms with E-state index in [1.54, 1.807) is 7.05 Å². The van der Waals surface area contributed by atoms with E-state index in [0.717, 1.165) is 6.07 Å². The third kappa shape index (κ3) is 3.22. The van der Waals surface area contributed by atoms with Crippen molar-refractivity contribution in [2.24, 2.45) is 7.05 Å². The molecule has 2 rings (SSSR count). The lowest BCUT2D eigenvalue weighted by molar-refractivity contribution is 0.0589. The van der Waals surface area contributed by atoms with E-state index in [1.165, 1.54) is 36.1 Å². The van der Waals surface area contributed by atoms with Crippen LogP contribution in [0.3, 0.4) is 0 Å². The third-order valence-corrected chi connectivity index (χ3v) is 3.07. The lowest BCUT2D eigenvalue weighted by atomic mass is 10.2. The van der Waals surface area contributed by atoms with Crippen LogP contribution in [0.25, 0.3) is 0 Å². The van der Waals surface area contributed by atoms with Gasteiger partial charge in [-0.25, -0.2) is 9.18 Å². The molecule has 1 heterocycles. The Bertz CT molecular complexity index is 712. The summed E-state index contributed by atoms with van der Waals surface area (Å²) in [6.45, 7) is 0. The van der Waals surface area contributed by atoms with Crippen LogP contribution in [0, 0.1) is 5.82 Å². The van der Waals surface area contributed by atoms with E-state index in [4.69, 9.17) is 11.6 Å². The van der Waals surface area contributed by atoms with Gasteiger partial charge in [0.15, 0.2) is 0 Å². The van der Waals surface area contributed by atoms with Gasteiger partial charge in [0, 0.05) is 18.3 Å². The van der Waals surface area contributed by atoms with Crippen LogP contribution >= 0.6 is 11.6 Å². The van der Waals surface area contributed by atoms with E-state index in [9.17, 15) is 14.0 Å². The molecule has 0 aliphatic carbocycles. The number of aromatic nitrogens is 1. The van der Waals surface area contributed by atoms with Gasteiger partial charge in [-0.2, -0.15) is 0 Å². The fraction of sp³-hybridized carbons (Fsp3) is 0.143. The van der Waals surface area contributed by atoms with Crippen LogP contribution in [0.4, 0.5) is 10.1 Å². The molecule has 0 saturated carbocycles. The number of nitrogens with zero attached hydrogens (tertiary/aromatic N) is 1. The number of anilines is 1.